The Kier molecular flexibility index (Phi) is 5.19. The van der Waals surface area contributed by atoms with Gasteiger partial charge in [-0.3, -0.25) is 4.79 Å². The number of benzene rings is 2. The van der Waals surface area contributed by atoms with Gasteiger partial charge in [0.1, 0.15) is 6.33 Å². The summed E-state index contributed by atoms with van der Waals surface area (Å²) in [6.07, 6.45) is 4.70. The van der Waals surface area contributed by atoms with E-state index in [-0.39, 0.29) is 5.91 Å². The molecule has 1 aliphatic rings. The highest BCUT2D eigenvalue weighted by atomic mass is 16.2. The van der Waals surface area contributed by atoms with Crippen LogP contribution in [-0.2, 0) is 6.42 Å². The zero-order valence-corrected chi connectivity index (χ0v) is 16.4. The smallest absolute Gasteiger partial charge is 0.256 e. The second kappa shape index (κ2) is 7.92. The number of piperidine rings is 1. The van der Waals surface area contributed by atoms with Gasteiger partial charge in [0.05, 0.1) is 11.3 Å². The maximum Gasteiger partial charge on any atom is 0.256 e. The normalized spacial score (nSPS) is 15.0. The largest absolute Gasteiger partial charge is 0.339 e. The van der Waals surface area contributed by atoms with E-state index < -0.39 is 0 Å². The zero-order chi connectivity index (χ0) is 19.5. The average Bonchev–Trinajstić information content (AvgIpc) is 3.25. The molecule has 0 unspecified atom stereocenters. The number of aryl methyl sites for hydroxylation is 1. The van der Waals surface area contributed by atoms with E-state index in [9.17, 15) is 4.79 Å². The molecule has 0 spiro atoms. The first kappa shape index (κ1) is 18.3. The number of hydrogen-bond donors (Lipinski definition) is 0. The van der Waals surface area contributed by atoms with E-state index >= 15 is 0 Å². The van der Waals surface area contributed by atoms with Crippen molar-refractivity contribution in [3.8, 4) is 5.69 Å². The molecule has 6 heteroatoms. The molecule has 0 aliphatic carbocycles. The highest BCUT2D eigenvalue weighted by Gasteiger charge is 2.26. The van der Waals surface area contributed by atoms with Crippen LogP contribution in [0.4, 0.5) is 0 Å². The molecule has 0 bridgehead atoms. The molecule has 2 aromatic carbocycles. The number of nitrogens with zero attached hydrogens (tertiary/aromatic N) is 5. The molecule has 1 saturated heterocycles. The van der Waals surface area contributed by atoms with E-state index in [1.807, 2.05) is 30.9 Å². The molecule has 0 N–H and O–H groups in total. The first-order chi connectivity index (χ1) is 13.6. The van der Waals surface area contributed by atoms with Crippen LogP contribution in [0.5, 0.6) is 0 Å². The van der Waals surface area contributed by atoms with Crippen LogP contribution in [0, 0.1) is 19.8 Å². The third-order valence-electron chi connectivity index (χ3n) is 5.78. The summed E-state index contributed by atoms with van der Waals surface area (Å²) in [6, 6.07) is 14.5. The van der Waals surface area contributed by atoms with Gasteiger partial charge in [-0.05, 0) is 72.2 Å². The Bertz CT molecular complexity index is 945. The molecule has 1 aromatic heterocycles. The topological polar surface area (TPSA) is 63.9 Å². The second-order valence-electron chi connectivity index (χ2n) is 7.58. The third-order valence-corrected chi connectivity index (χ3v) is 5.78. The first-order valence-electron chi connectivity index (χ1n) is 9.80. The summed E-state index contributed by atoms with van der Waals surface area (Å²) in [5, 5.41) is 11.5. The number of carbonyl (C=O) groups excluding carboxylic acids is 1. The molecule has 1 aliphatic heterocycles. The summed E-state index contributed by atoms with van der Waals surface area (Å²) in [6.45, 7) is 5.62. The van der Waals surface area contributed by atoms with Crippen molar-refractivity contribution < 1.29 is 4.79 Å². The van der Waals surface area contributed by atoms with Gasteiger partial charge in [0.2, 0.25) is 0 Å². The number of rotatable bonds is 4. The van der Waals surface area contributed by atoms with Gasteiger partial charge in [-0.1, -0.05) is 36.4 Å². The Morgan fingerprint density at radius 3 is 2.50 bits per heavy atom. The van der Waals surface area contributed by atoms with E-state index in [1.54, 1.807) is 11.0 Å². The molecular weight excluding hydrogens is 350 g/mol. The minimum Gasteiger partial charge on any atom is -0.339 e. The summed E-state index contributed by atoms with van der Waals surface area (Å²) in [5.41, 5.74) is 4.96. The fourth-order valence-corrected chi connectivity index (χ4v) is 3.99. The Hall–Kier alpha value is -3.02. The van der Waals surface area contributed by atoms with Gasteiger partial charge in [-0.2, -0.15) is 4.68 Å². The van der Waals surface area contributed by atoms with Crippen LogP contribution in [0.3, 0.4) is 0 Å². The van der Waals surface area contributed by atoms with Gasteiger partial charge < -0.3 is 4.90 Å². The van der Waals surface area contributed by atoms with Crippen molar-refractivity contribution in [3.05, 3.63) is 71.0 Å². The number of aromatic nitrogens is 4. The van der Waals surface area contributed by atoms with Crippen molar-refractivity contribution in [2.75, 3.05) is 13.1 Å². The molecule has 6 nitrogen and oxygen atoms in total. The second-order valence-corrected chi connectivity index (χ2v) is 7.58. The average molecular weight is 375 g/mol. The van der Waals surface area contributed by atoms with Gasteiger partial charge in [0, 0.05) is 13.1 Å². The van der Waals surface area contributed by atoms with Crippen molar-refractivity contribution in [3.63, 3.8) is 0 Å². The van der Waals surface area contributed by atoms with E-state index in [0.717, 1.165) is 49.2 Å². The summed E-state index contributed by atoms with van der Waals surface area (Å²) in [4.78, 5) is 15.3. The lowest BCUT2D eigenvalue weighted by atomic mass is 9.90. The molecule has 3 aromatic rings. The highest BCUT2D eigenvalue weighted by molar-refractivity contribution is 5.98. The zero-order valence-electron chi connectivity index (χ0n) is 16.4. The monoisotopic (exact) mass is 375 g/mol. The molecule has 0 radical (unpaired) electrons. The van der Waals surface area contributed by atoms with E-state index in [0.29, 0.717) is 11.5 Å². The molecule has 2 heterocycles. The summed E-state index contributed by atoms with van der Waals surface area (Å²) < 4.78 is 1.59. The molecule has 144 valence electrons. The molecule has 4 rings (SSSR count). The lowest BCUT2D eigenvalue weighted by molar-refractivity contribution is 0.0690. The minimum atomic E-state index is 0.0618. The Balaban J connectivity index is 1.50. The van der Waals surface area contributed by atoms with Crippen molar-refractivity contribution in [1.82, 2.24) is 25.1 Å². The minimum absolute atomic E-state index is 0.0618. The summed E-state index contributed by atoms with van der Waals surface area (Å²) in [5.74, 6) is 0.692. The summed E-state index contributed by atoms with van der Waals surface area (Å²) in [7, 11) is 0. The van der Waals surface area contributed by atoms with Crippen LogP contribution in [0.25, 0.3) is 5.69 Å². The number of carbonyl (C=O) groups is 1. The van der Waals surface area contributed by atoms with E-state index in [4.69, 9.17) is 0 Å². The molecular formula is C22H25N5O. The first-order valence-corrected chi connectivity index (χ1v) is 9.80. The van der Waals surface area contributed by atoms with Crippen LogP contribution >= 0.6 is 0 Å². The fraction of sp³-hybridized carbons (Fsp3) is 0.364. The molecule has 0 atom stereocenters. The van der Waals surface area contributed by atoms with Gasteiger partial charge in [-0.15, -0.1) is 5.10 Å². The fourth-order valence-electron chi connectivity index (χ4n) is 3.99. The van der Waals surface area contributed by atoms with Crippen molar-refractivity contribution in [1.29, 1.82) is 0 Å². The molecule has 1 fully saturated rings. The molecule has 1 amide bonds. The van der Waals surface area contributed by atoms with Crippen LogP contribution < -0.4 is 0 Å². The van der Waals surface area contributed by atoms with Crippen molar-refractivity contribution >= 4 is 5.91 Å². The van der Waals surface area contributed by atoms with Crippen LogP contribution in [0.1, 0.15) is 39.9 Å². The standard InChI is InChI=1S/C22H25N5O/c1-16-8-9-20(21(17(16)2)27-15-23-24-25-27)22(28)26-12-10-19(11-13-26)14-18-6-4-3-5-7-18/h3-9,15,19H,10-14H2,1-2H3. The van der Waals surface area contributed by atoms with Crippen LogP contribution in [0.15, 0.2) is 48.8 Å². The van der Waals surface area contributed by atoms with Crippen LogP contribution in [-0.4, -0.2) is 44.1 Å². The molecule has 0 saturated carbocycles. The van der Waals surface area contributed by atoms with Gasteiger partial charge in [-0.25, -0.2) is 0 Å². The van der Waals surface area contributed by atoms with Crippen molar-refractivity contribution in [2.45, 2.75) is 33.1 Å². The Morgan fingerprint density at radius 1 is 1.07 bits per heavy atom. The number of likely N-dealkylation sites (tertiary alicyclic amines) is 1. The van der Waals surface area contributed by atoms with Gasteiger partial charge in [0.25, 0.3) is 5.91 Å². The predicted molar refractivity (Wildman–Crippen MR) is 107 cm³/mol. The lowest BCUT2D eigenvalue weighted by Gasteiger charge is -2.32. The number of hydrogen-bond acceptors (Lipinski definition) is 4. The van der Waals surface area contributed by atoms with E-state index in [2.05, 4.69) is 45.9 Å². The third kappa shape index (κ3) is 3.67. The maximum absolute atomic E-state index is 13.3. The predicted octanol–water partition coefficient (Wildman–Crippen LogP) is 3.37. The van der Waals surface area contributed by atoms with E-state index in [1.165, 1.54) is 5.56 Å². The van der Waals surface area contributed by atoms with Crippen LogP contribution in [0.2, 0.25) is 0 Å². The highest BCUT2D eigenvalue weighted by Crippen LogP contribution is 2.26. The Morgan fingerprint density at radius 2 is 1.82 bits per heavy atom. The number of amides is 1. The van der Waals surface area contributed by atoms with Crippen molar-refractivity contribution in [2.24, 2.45) is 5.92 Å². The maximum atomic E-state index is 13.3. The molecule has 28 heavy (non-hydrogen) atoms. The number of tetrazole rings is 1. The van der Waals surface area contributed by atoms with Gasteiger partial charge in [0.15, 0.2) is 0 Å². The SMILES string of the molecule is Cc1ccc(C(=O)N2CCC(Cc3ccccc3)CC2)c(-n2cnnn2)c1C. The van der Waals surface area contributed by atoms with Gasteiger partial charge >= 0.3 is 0 Å². The lowest BCUT2D eigenvalue weighted by Crippen LogP contribution is -2.39. The summed E-state index contributed by atoms with van der Waals surface area (Å²) >= 11 is 0. The quantitative estimate of drug-likeness (QED) is 0.701. The Labute approximate surface area is 165 Å².